The summed E-state index contributed by atoms with van der Waals surface area (Å²) in [6.45, 7) is 0.584. The van der Waals surface area contributed by atoms with Gasteiger partial charge in [-0.05, 0) is 42.7 Å². The number of aromatic nitrogens is 1. The molecule has 140 valence electrons. The van der Waals surface area contributed by atoms with Gasteiger partial charge in [-0.15, -0.1) is 0 Å². The first-order valence-corrected chi connectivity index (χ1v) is 8.78. The molecule has 0 fully saturated rings. The molecule has 3 rings (SSSR count). The van der Waals surface area contributed by atoms with Crippen molar-refractivity contribution >= 4 is 5.91 Å². The van der Waals surface area contributed by atoms with Crippen LogP contribution in [0.1, 0.15) is 17.7 Å². The number of aromatic hydroxyl groups is 1. The summed E-state index contributed by atoms with van der Waals surface area (Å²) in [4.78, 5) is 12.1. The second kappa shape index (κ2) is 8.89. The van der Waals surface area contributed by atoms with Crippen LogP contribution in [0.3, 0.4) is 0 Å². The van der Waals surface area contributed by atoms with Crippen molar-refractivity contribution in [3.63, 3.8) is 0 Å². The molecule has 0 aliphatic rings. The zero-order valence-corrected chi connectivity index (χ0v) is 15.1. The van der Waals surface area contributed by atoms with Gasteiger partial charge in [0, 0.05) is 18.2 Å². The van der Waals surface area contributed by atoms with Gasteiger partial charge < -0.3 is 19.7 Å². The number of phenolic OH excluding ortho intramolecular Hbond substituents is 1. The minimum Gasteiger partial charge on any atom is -0.508 e. The minimum atomic E-state index is -0.0915. The molecule has 0 bridgehead atoms. The molecule has 0 saturated heterocycles. The van der Waals surface area contributed by atoms with Gasteiger partial charge in [-0.25, -0.2) is 0 Å². The largest absolute Gasteiger partial charge is 0.508 e. The SMILES string of the molecule is COc1cccc(-c2cc(CC(=O)NCCCc3ccc(O)cc3)no2)c1. The Hall–Kier alpha value is -3.28. The number of nitrogens with one attached hydrogen (secondary N) is 1. The van der Waals surface area contributed by atoms with Crippen molar-refractivity contribution in [2.75, 3.05) is 13.7 Å². The van der Waals surface area contributed by atoms with E-state index in [4.69, 9.17) is 9.26 Å². The zero-order valence-electron chi connectivity index (χ0n) is 15.1. The van der Waals surface area contributed by atoms with Crippen molar-refractivity contribution in [2.45, 2.75) is 19.3 Å². The third-order valence-corrected chi connectivity index (χ3v) is 4.16. The second-order valence-electron chi connectivity index (χ2n) is 6.21. The second-order valence-corrected chi connectivity index (χ2v) is 6.21. The fourth-order valence-corrected chi connectivity index (χ4v) is 2.72. The van der Waals surface area contributed by atoms with E-state index in [9.17, 15) is 9.90 Å². The Morgan fingerprint density at radius 2 is 2.00 bits per heavy atom. The lowest BCUT2D eigenvalue weighted by atomic mass is 10.1. The Kier molecular flexibility index (Phi) is 6.10. The van der Waals surface area contributed by atoms with Crippen molar-refractivity contribution in [3.8, 4) is 22.8 Å². The molecule has 0 aliphatic carbocycles. The first-order valence-electron chi connectivity index (χ1n) is 8.78. The predicted molar refractivity (Wildman–Crippen MR) is 102 cm³/mol. The summed E-state index contributed by atoms with van der Waals surface area (Å²) < 4.78 is 10.5. The maximum absolute atomic E-state index is 12.1. The first-order chi connectivity index (χ1) is 13.1. The number of aryl methyl sites for hydroxylation is 1. The summed E-state index contributed by atoms with van der Waals surface area (Å²) in [7, 11) is 1.61. The smallest absolute Gasteiger partial charge is 0.226 e. The van der Waals surface area contributed by atoms with Gasteiger partial charge in [0.05, 0.1) is 19.2 Å². The molecular weight excluding hydrogens is 344 g/mol. The van der Waals surface area contributed by atoms with Gasteiger partial charge >= 0.3 is 0 Å². The fourth-order valence-electron chi connectivity index (χ4n) is 2.72. The number of benzene rings is 2. The maximum Gasteiger partial charge on any atom is 0.226 e. The van der Waals surface area contributed by atoms with Crippen molar-refractivity contribution in [3.05, 3.63) is 65.9 Å². The van der Waals surface area contributed by atoms with Gasteiger partial charge in [-0.3, -0.25) is 4.79 Å². The normalized spacial score (nSPS) is 10.6. The molecule has 6 heteroatoms. The molecular formula is C21H22N2O4. The fraction of sp³-hybridized carbons (Fsp3) is 0.238. The Labute approximate surface area is 157 Å². The average Bonchev–Trinajstić information content (AvgIpc) is 3.15. The van der Waals surface area contributed by atoms with Crippen LogP contribution in [0, 0.1) is 0 Å². The maximum atomic E-state index is 12.1. The van der Waals surface area contributed by atoms with Crippen LogP contribution in [0.15, 0.2) is 59.1 Å². The summed E-state index contributed by atoms with van der Waals surface area (Å²) in [6, 6.07) is 16.3. The Balaban J connectivity index is 1.45. The molecule has 0 saturated carbocycles. The number of hydrogen-bond acceptors (Lipinski definition) is 5. The summed E-state index contributed by atoms with van der Waals surface area (Å²) in [5.41, 5.74) is 2.56. The number of methoxy groups -OCH3 is 1. The number of rotatable bonds is 8. The van der Waals surface area contributed by atoms with E-state index in [2.05, 4.69) is 10.5 Å². The van der Waals surface area contributed by atoms with Gasteiger partial charge in [0.1, 0.15) is 11.5 Å². The standard InChI is InChI=1S/C21H22N2O4/c1-26-19-6-2-5-16(12-19)20-13-17(23-27-20)14-21(25)22-11-3-4-15-7-9-18(24)10-8-15/h2,5-10,12-13,24H,3-4,11,14H2,1H3,(H,22,25). The molecule has 1 aromatic heterocycles. The van der Waals surface area contributed by atoms with Gasteiger partial charge in [-0.1, -0.05) is 29.4 Å². The predicted octanol–water partition coefficient (Wildman–Crippen LogP) is 3.35. The van der Waals surface area contributed by atoms with Gasteiger partial charge in [0.2, 0.25) is 5.91 Å². The summed E-state index contributed by atoms with van der Waals surface area (Å²) >= 11 is 0. The number of carbonyl (C=O) groups is 1. The summed E-state index contributed by atoms with van der Waals surface area (Å²) in [5, 5.41) is 16.1. The quantitative estimate of drug-likeness (QED) is 0.597. The number of ether oxygens (including phenoxy) is 1. The van der Waals surface area contributed by atoms with Crippen LogP contribution in [-0.4, -0.2) is 29.8 Å². The molecule has 1 amide bonds. The van der Waals surface area contributed by atoms with Crippen molar-refractivity contribution in [1.82, 2.24) is 10.5 Å². The van der Waals surface area contributed by atoms with Crippen LogP contribution in [0.25, 0.3) is 11.3 Å². The highest BCUT2D eigenvalue weighted by Gasteiger charge is 2.11. The minimum absolute atomic E-state index is 0.0915. The van der Waals surface area contributed by atoms with Gasteiger partial charge in [-0.2, -0.15) is 0 Å². The molecule has 3 aromatic rings. The molecule has 0 radical (unpaired) electrons. The third kappa shape index (κ3) is 5.34. The van der Waals surface area contributed by atoms with E-state index < -0.39 is 0 Å². The third-order valence-electron chi connectivity index (χ3n) is 4.16. The van der Waals surface area contributed by atoms with E-state index in [1.807, 2.05) is 36.4 Å². The van der Waals surface area contributed by atoms with E-state index in [-0.39, 0.29) is 18.1 Å². The van der Waals surface area contributed by atoms with Crippen LogP contribution >= 0.6 is 0 Å². The van der Waals surface area contributed by atoms with E-state index in [1.54, 1.807) is 25.3 Å². The van der Waals surface area contributed by atoms with Gasteiger partial charge in [0.25, 0.3) is 0 Å². The Morgan fingerprint density at radius 1 is 1.19 bits per heavy atom. The van der Waals surface area contributed by atoms with Crippen LogP contribution in [-0.2, 0) is 17.6 Å². The van der Waals surface area contributed by atoms with E-state index in [1.165, 1.54) is 0 Å². The number of nitrogens with zero attached hydrogens (tertiary/aromatic N) is 1. The molecule has 2 N–H and O–H groups in total. The lowest BCUT2D eigenvalue weighted by molar-refractivity contribution is -0.120. The monoisotopic (exact) mass is 366 g/mol. The first kappa shape index (κ1) is 18.5. The van der Waals surface area contributed by atoms with Crippen LogP contribution in [0.2, 0.25) is 0 Å². The number of carbonyl (C=O) groups excluding carboxylic acids is 1. The molecule has 1 heterocycles. The number of phenols is 1. The average molecular weight is 366 g/mol. The summed E-state index contributed by atoms with van der Waals surface area (Å²) in [5.74, 6) is 1.50. The Morgan fingerprint density at radius 3 is 2.78 bits per heavy atom. The molecule has 27 heavy (non-hydrogen) atoms. The highest BCUT2D eigenvalue weighted by Crippen LogP contribution is 2.24. The van der Waals surface area contributed by atoms with Gasteiger partial charge in [0.15, 0.2) is 5.76 Å². The Bertz CT molecular complexity index is 887. The molecule has 2 aromatic carbocycles. The molecule has 0 spiro atoms. The molecule has 0 unspecified atom stereocenters. The summed E-state index contributed by atoms with van der Waals surface area (Å²) in [6.07, 6.45) is 1.83. The highest BCUT2D eigenvalue weighted by molar-refractivity contribution is 5.78. The van der Waals surface area contributed by atoms with Crippen LogP contribution in [0.4, 0.5) is 0 Å². The number of hydrogen-bond donors (Lipinski definition) is 2. The zero-order chi connectivity index (χ0) is 19.1. The highest BCUT2D eigenvalue weighted by atomic mass is 16.5. The topological polar surface area (TPSA) is 84.6 Å². The van der Waals surface area contributed by atoms with E-state index >= 15 is 0 Å². The van der Waals surface area contributed by atoms with Crippen LogP contribution < -0.4 is 10.1 Å². The molecule has 0 atom stereocenters. The van der Waals surface area contributed by atoms with E-state index in [0.717, 1.165) is 29.7 Å². The van der Waals surface area contributed by atoms with Crippen LogP contribution in [0.5, 0.6) is 11.5 Å². The van der Waals surface area contributed by atoms with Crippen molar-refractivity contribution < 1.29 is 19.2 Å². The molecule has 6 nitrogen and oxygen atoms in total. The van der Waals surface area contributed by atoms with Crippen molar-refractivity contribution in [2.24, 2.45) is 0 Å². The van der Waals surface area contributed by atoms with Crippen molar-refractivity contribution in [1.29, 1.82) is 0 Å². The lowest BCUT2D eigenvalue weighted by Crippen LogP contribution is -2.26. The number of amides is 1. The van der Waals surface area contributed by atoms with E-state index in [0.29, 0.717) is 18.0 Å². The molecule has 0 aliphatic heterocycles. The lowest BCUT2D eigenvalue weighted by Gasteiger charge is -2.04.